The van der Waals surface area contributed by atoms with Crippen LogP contribution >= 0.6 is 0 Å². The third-order valence-electron chi connectivity index (χ3n) is 8.04. The lowest BCUT2D eigenvalue weighted by molar-refractivity contribution is -0.114. The number of rotatable bonds is 9. The van der Waals surface area contributed by atoms with Gasteiger partial charge >= 0.3 is 0 Å². The fourth-order valence-electron chi connectivity index (χ4n) is 5.94. The van der Waals surface area contributed by atoms with Gasteiger partial charge in [-0.3, -0.25) is 4.79 Å². The molecule has 0 unspecified atom stereocenters. The van der Waals surface area contributed by atoms with Crippen molar-refractivity contribution in [2.45, 2.75) is 25.5 Å². The number of aromatic nitrogens is 3. The van der Waals surface area contributed by atoms with Crippen LogP contribution in [0.2, 0.25) is 0 Å². The summed E-state index contributed by atoms with van der Waals surface area (Å²) >= 11 is 0. The second-order valence-corrected chi connectivity index (χ2v) is 11.1. The van der Waals surface area contributed by atoms with Crippen LogP contribution in [0.3, 0.4) is 0 Å². The highest BCUT2D eigenvalue weighted by Gasteiger charge is 2.44. The van der Waals surface area contributed by atoms with Gasteiger partial charge in [-0.25, -0.2) is 18.4 Å². The van der Waals surface area contributed by atoms with E-state index in [0.29, 0.717) is 25.2 Å². The Morgan fingerprint density at radius 1 is 1.00 bits per heavy atom. The van der Waals surface area contributed by atoms with Crippen molar-refractivity contribution >= 4 is 23.0 Å². The summed E-state index contributed by atoms with van der Waals surface area (Å²) in [5.74, 6) is -0.588. The quantitative estimate of drug-likeness (QED) is 0.299. The third kappa shape index (κ3) is 6.61. The summed E-state index contributed by atoms with van der Waals surface area (Å²) in [6.45, 7) is 6.11. The van der Waals surface area contributed by atoms with Gasteiger partial charge in [-0.15, -0.1) is 0 Å². The maximum Gasteiger partial charge on any atom is 0.221 e. The van der Waals surface area contributed by atoms with Crippen LogP contribution in [0.25, 0.3) is 0 Å². The van der Waals surface area contributed by atoms with Crippen molar-refractivity contribution in [3.05, 3.63) is 96.6 Å². The van der Waals surface area contributed by atoms with E-state index in [1.807, 2.05) is 36.4 Å². The molecular weight excluding hydrogens is 554 g/mol. The highest BCUT2D eigenvalue weighted by atomic mass is 19.1. The molecule has 0 aliphatic carbocycles. The number of benzene rings is 3. The molecule has 2 saturated heterocycles. The molecule has 2 aliphatic rings. The van der Waals surface area contributed by atoms with E-state index in [-0.39, 0.29) is 18.4 Å². The standard InChI is InChI=1S/C32H34F2N6O3/c1-23(41)37-26-3-5-27(6-4-26)38-12-14-39(15-13-38)28-7-9-29(10-8-28)42-18-24-17-32(43-19-24,20-40-22-35-21-36-40)30-11-2-25(33)16-31(30)34/h2-11,16,21-22,24H,12-15,17-20H2,1H3,(H,37,41)/t24-,32+/m1/s1. The Morgan fingerprint density at radius 2 is 1.67 bits per heavy atom. The van der Waals surface area contributed by atoms with Gasteiger partial charge in [0.2, 0.25) is 5.91 Å². The maximum atomic E-state index is 14.9. The molecule has 224 valence electrons. The van der Waals surface area contributed by atoms with E-state index in [0.717, 1.165) is 55.1 Å². The van der Waals surface area contributed by atoms with E-state index in [4.69, 9.17) is 9.47 Å². The number of piperazine rings is 1. The highest BCUT2D eigenvalue weighted by Crippen LogP contribution is 2.42. The molecule has 0 radical (unpaired) electrons. The van der Waals surface area contributed by atoms with E-state index in [1.165, 1.54) is 25.4 Å². The Labute approximate surface area is 249 Å². The van der Waals surface area contributed by atoms with Gasteiger partial charge in [0, 0.05) is 67.7 Å². The topological polar surface area (TPSA) is 84.8 Å². The number of hydrogen-bond acceptors (Lipinski definition) is 7. The molecule has 1 N–H and O–H groups in total. The average molecular weight is 589 g/mol. The van der Waals surface area contributed by atoms with Gasteiger partial charge in [0.05, 0.1) is 19.8 Å². The first-order valence-electron chi connectivity index (χ1n) is 14.4. The van der Waals surface area contributed by atoms with Crippen molar-refractivity contribution in [3.8, 4) is 5.75 Å². The van der Waals surface area contributed by atoms with Crippen LogP contribution in [0.5, 0.6) is 5.75 Å². The zero-order valence-corrected chi connectivity index (χ0v) is 24.0. The molecule has 3 heterocycles. The molecule has 2 atom stereocenters. The molecule has 0 spiro atoms. The van der Waals surface area contributed by atoms with Gasteiger partial charge < -0.3 is 24.6 Å². The zero-order chi connectivity index (χ0) is 29.8. The summed E-state index contributed by atoms with van der Waals surface area (Å²) in [7, 11) is 0. The van der Waals surface area contributed by atoms with E-state index < -0.39 is 17.2 Å². The number of nitrogens with one attached hydrogen (secondary N) is 1. The second kappa shape index (κ2) is 12.4. The van der Waals surface area contributed by atoms with Crippen LogP contribution in [0, 0.1) is 17.6 Å². The summed E-state index contributed by atoms with van der Waals surface area (Å²) in [6.07, 6.45) is 3.47. The fourth-order valence-corrected chi connectivity index (χ4v) is 5.94. The molecule has 11 heteroatoms. The number of nitrogens with zero attached hydrogens (tertiary/aromatic N) is 5. The molecule has 3 aromatic carbocycles. The first-order valence-corrected chi connectivity index (χ1v) is 14.4. The van der Waals surface area contributed by atoms with E-state index >= 15 is 0 Å². The van der Waals surface area contributed by atoms with E-state index in [2.05, 4.69) is 37.3 Å². The molecule has 6 rings (SSSR count). The SMILES string of the molecule is CC(=O)Nc1ccc(N2CCN(c3ccc(OC[C@@H]4CO[C@@](Cn5cncn5)(c5ccc(F)cc5F)C4)cc3)CC2)cc1. The largest absolute Gasteiger partial charge is 0.493 e. The van der Waals surface area contributed by atoms with Crippen molar-refractivity contribution in [1.82, 2.24) is 14.8 Å². The zero-order valence-electron chi connectivity index (χ0n) is 24.0. The first kappa shape index (κ1) is 28.6. The summed E-state index contributed by atoms with van der Waals surface area (Å²) in [4.78, 5) is 19.9. The predicted octanol–water partition coefficient (Wildman–Crippen LogP) is 4.85. The Balaban J connectivity index is 1.03. The molecule has 0 saturated carbocycles. The Kier molecular flexibility index (Phi) is 8.24. The van der Waals surface area contributed by atoms with Crippen molar-refractivity contribution in [2.24, 2.45) is 5.92 Å². The molecule has 9 nitrogen and oxygen atoms in total. The van der Waals surface area contributed by atoms with Gasteiger partial charge in [-0.1, -0.05) is 6.07 Å². The molecule has 0 bridgehead atoms. The molecule has 2 aliphatic heterocycles. The van der Waals surface area contributed by atoms with Crippen molar-refractivity contribution < 1.29 is 23.0 Å². The Bertz CT molecular complexity index is 1530. The number of amides is 1. The summed E-state index contributed by atoms with van der Waals surface area (Å²) < 4.78 is 42.5. The third-order valence-corrected chi connectivity index (χ3v) is 8.04. The average Bonchev–Trinajstić information content (AvgIpc) is 3.67. The minimum absolute atomic E-state index is 0.00744. The Morgan fingerprint density at radius 3 is 2.28 bits per heavy atom. The number of hydrogen-bond donors (Lipinski definition) is 1. The van der Waals surface area contributed by atoms with Crippen molar-refractivity contribution in [1.29, 1.82) is 0 Å². The van der Waals surface area contributed by atoms with E-state index in [1.54, 1.807) is 11.0 Å². The molecule has 43 heavy (non-hydrogen) atoms. The number of carbonyl (C=O) groups is 1. The first-order chi connectivity index (χ1) is 20.9. The number of ether oxygens (including phenoxy) is 2. The highest BCUT2D eigenvalue weighted by molar-refractivity contribution is 5.88. The van der Waals surface area contributed by atoms with Crippen molar-refractivity contribution in [2.75, 3.05) is 54.5 Å². The van der Waals surface area contributed by atoms with Crippen molar-refractivity contribution in [3.63, 3.8) is 0 Å². The summed E-state index contributed by atoms with van der Waals surface area (Å²) in [5.41, 5.74) is 2.37. The van der Waals surface area contributed by atoms with Crippen LogP contribution in [0.15, 0.2) is 79.4 Å². The summed E-state index contributed by atoms with van der Waals surface area (Å²) in [6, 6.07) is 19.6. The molecule has 1 amide bonds. The monoisotopic (exact) mass is 588 g/mol. The molecule has 2 fully saturated rings. The second-order valence-electron chi connectivity index (χ2n) is 11.1. The smallest absolute Gasteiger partial charge is 0.221 e. The van der Waals surface area contributed by atoms with Gasteiger partial charge in [0.25, 0.3) is 0 Å². The number of anilines is 3. The van der Waals surface area contributed by atoms with Gasteiger partial charge in [-0.2, -0.15) is 5.10 Å². The molecular formula is C32H34F2N6O3. The van der Waals surface area contributed by atoms with Gasteiger partial charge in [0.15, 0.2) is 0 Å². The van der Waals surface area contributed by atoms with Gasteiger partial charge in [-0.05, 0) is 61.0 Å². The normalized spacial score (nSPS) is 20.3. The lowest BCUT2D eigenvalue weighted by Crippen LogP contribution is -2.46. The number of halogens is 2. The maximum absolute atomic E-state index is 14.9. The lowest BCUT2D eigenvalue weighted by Gasteiger charge is -2.37. The van der Waals surface area contributed by atoms with Crippen LogP contribution in [-0.4, -0.2) is 60.1 Å². The van der Waals surface area contributed by atoms with E-state index in [9.17, 15) is 13.6 Å². The summed E-state index contributed by atoms with van der Waals surface area (Å²) in [5, 5.41) is 6.97. The van der Waals surface area contributed by atoms with Gasteiger partial charge in [0.1, 0.15) is 35.6 Å². The minimum Gasteiger partial charge on any atom is -0.493 e. The van der Waals surface area contributed by atoms with Crippen LogP contribution in [0.1, 0.15) is 18.9 Å². The lowest BCUT2D eigenvalue weighted by atomic mass is 9.87. The van der Waals surface area contributed by atoms with Crippen LogP contribution in [-0.2, 0) is 21.7 Å². The van der Waals surface area contributed by atoms with Crippen LogP contribution in [0.4, 0.5) is 25.8 Å². The molecule has 1 aromatic heterocycles. The number of carbonyl (C=O) groups excluding carboxylic acids is 1. The minimum atomic E-state index is -1.00. The van der Waals surface area contributed by atoms with Crippen LogP contribution < -0.4 is 19.9 Å². The fraction of sp³-hybridized carbons (Fsp3) is 0.344. The predicted molar refractivity (Wildman–Crippen MR) is 159 cm³/mol. The Hall–Kier alpha value is -4.51. The molecule has 4 aromatic rings.